The molecule has 0 aliphatic carbocycles. The highest BCUT2D eigenvalue weighted by Gasteiger charge is 2.33. The molecule has 1 fully saturated rings. The van der Waals surface area contributed by atoms with E-state index >= 15 is 0 Å². The number of rotatable bonds is 7. The Bertz CT molecular complexity index is 856. The van der Waals surface area contributed by atoms with Gasteiger partial charge in [-0.25, -0.2) is 0 Å². The van der Waals surface area contributed by atoms with E-state index in [0.717, 1.165) is 23.1 Å². The van der Waals surface area contributed by atoms with Crippen molar-refractivity contribution in [3.63, 3.8) is 0 Å². The zero-order valence-electron chi connectivity index (χ0n) is 13.1. The number of hydrogen-bond donors (Lipinski definition) is 2. The van der Waals surface area contributed by atoms with Crippen LogP contribution in [0.1, 0.15) is 16.8 Å². The van der Waals surface area contributed by atoms with Gasteiger partial charge in [0.05, 0.1) is 5.75 Å². The number of benzene rings is 1. The number of thioether (sulfide) groups is 2. The first-order valence-corrected chi connectivity index (χ1v) is 10.1. The van der Waals surface area contributed by atoms with Crippen LogP contribution in [-0.2, 0) is 9.59 Å². The van der Waals surface area contributed by atoms with Crippen LogP contribution in [0.4, 0.5) is 9.93 Å². The molecule has 0 saturated carbocycles. The lowest BCUT2D eigenvalue weighted by molar-refractivity contribution is -0.122. The van der Waals surface area contributed by atoms with Gasteiger partial charge in [-0.3, -0.25) is 24.5 Å². The number of amides is 3. The predicted octanol–water partition coefficient (Wildman–Crippen LogP) is 2.19. The predicted molar refractivity (Wildman–Crippen MR) is 99.6 cm³/mol. The summed E-state index contributed by atoms with van der Waals surface area (Å²) in [5, 5.41) is 11.5. The lowest BCUT2D eigenvalue weighted by atomic mass is 10.2. The molecule has 1 aromatic carbocycles. The molecule has 134 valence electrons. The van der Waals surface area contributed by atoms with E-state index in [4.69, 9.17) is 0 Å². The summed E-state index contributed by atoms with van der Waals surface area (Å²) in [6, 6.07) is 8.93. The normalized spacial score (nSPS) is 16.4. The van der Waals surface area contributed by atoms with Crippen LogP contribution in [0.3, 0.4) is 0 Å². The van der Waals surface area contributed by atoms with Crippen LogP contribution < -0.4 is 10.6 Å². The van der Waals surface area contributed by atoms with Crippen molar-refractivity contribution < 1.29 is 19.2 Å². The van der Waals surface area contributed by atoms with Crippen LogP contribution in [0.5, 0.6) is 0 Å². The van der Waals surface area contributed by atoms with Crippen LogP contribution in [0.2, 0.25) is 0 Å². The molecular weight excluding hydrogens is 396 g/mol. The smallest absolute Gasteiger partial charge is 0.286 e. The fraction of sp³-hybridized carbons (Fsp3) is 0.200. The number of hydrogen-bond acceptors (Lipinski definition) is 9. The maximum absolute atomic E-state index is 12.1. The molecule has 26 heavy (non-hydrogen) atoms. The highest BCUT2D eigenvalue weighted by Crippen LogP contribution is 2.27. The molecule has 11 heteroatoms. The van der Waals surface area contributed by atoms with E-state index in [0.29, 0.717) is 9.90 Å². The van der Waals surface area contributed by atoms with Crippen molar-refractivity contribution in [2.24, 2.45) is 0 Å². The summed E-state index contributed by atoms with van der Waals surface area (Å²) in [7, 11) is 0. The number of aromatic nitrogens is 2. The SMILES string of the molecule is O=C(C[C@H]1SC(=O)NC1=O)Nc1nnc(SCC(=O)c2ccccc2)s1. The van der Waals surface area contributed by atoms with Gasteiger partial charge in [0.2, 0.25) is 16.9 Å². The number of Topliss-reactive ketones (excluding diaryl/α,β-unsaturated/α-hetero) is 1. The minimum absolute atomic E-state index is 0.0228. The Morgan fingerprint density at radius 1 is 1.19 bits per heavy atom. The monoisotopic (exact) mass is 408 g/mol. The van der Waals surface area contributed by atoms with Gasteiger partial charge < -0.3 is 5.32 Å². The molecule has 2 N–H and O–H groups in total. The lowest BCUT2D eigenvalue weighted by Crippen LogP contribution is -2.27. The molecule has 2 heterocycles. The number of carbonyl (C=O) groups is 4. The first kappa shape index (κ1) is 18.5. The number of imide groups is 1. The number of carbonyl (C=O) groups excluding carboxylic acids is 4. The Hall–Kier alpha value is -2.24. The quantitative estimate of drug-likeness (QED) is 0.407. The average Bonchev–Trinajstić information content (AvgIpc) is 3.19. The van der Waals surface area contributed by atoms with Gasteiger partial charge in [-0.15, -0.1) is 10.2 Å². The highest BCUT2D eigenvalue weighted by molar-refractivity contribution is 8.15. The number of nitrogens with one attached hydrogen (secondary N) is 2. The standard InChI is InChI=1S/C15H12N4O4S3/c20-9(8-4-2-1-3-5-8)7-24-15-19-18-13(26-15)16-11(21)6-10-12(22)17-14(23)25-10/h1-5,10H,6-7H2,(H,16,18,21)(H,17,22,23)/t10-/m1/s1. The van der Waals surface area contributed by atoms with Crippen molar-refractivity contribution in [2.45, 2.75) is 16.0 Å². The molecular formula is C15H12N4O4S3. The maximum atomic E-state index is 12.1. The molecule has 0 bridgehead atoms. The summed E-state index contributed by atoms with van der Waals surface area (Å²) in [6.45, 7) is 0. The van der Waals surface area contributed by atoms with E-state index in [2.05, 4.69) is 20.8 Å². The van der Waals surface area contributed by atoms with Crippen molar-refractivity contribution in [2.75, 3.05) is 11.1 Å². The van der Waals surface area contributed by atoms with E-state index < -0.39 is 22.3 Å². The van der Waals surface area contributed by atoms with Gasteiger partial charge in [-0.05, 0) is 0 Å². The average molecular weight is 408 g/mol. The molecule has 2 aromatic rings. The van der Waals surface area contributed by atoms with Crippen LogP contribution in [-0.4, -0.2) is 44.0 Å². The van der Waals surface area contributed by atoms with E-state index in [1.165, 1.54) is 11.8 Å². The van der Waals surface area contributed by atoms with E-state index in [9.17, 15) is 19.2 Å². The Labute approximate surface area is 160 Å². The molecule has 0 unspecified atom stereocenters. The largest absolute Gasteiger partial charge is 0.300 e. The van der Waals surface area contributed by atoms with Crippen LogP contribution in [0, 0.1) is 0 Å². The molecule has 1 aliphatic heterocycles. The van der Waals surface area contributed by atoms with Crippen molar-refractivity contribution in [3.05, 3.63) is 35.9 Å². The molecule has 1 atom stereocenters. The Kier molecular flexibility index (Phi) is 6.01. The summed E-state index contributed by atoms with van der Waals surface area (Å²) in [5.41, 5.74) is 0.625. The molecule has 3 rings (SSSR count). The minimum atomic E-state index is -0.729. The van der Waals surface area contributed by atoms with E-state index in [-0.39, 0.29) is 23.1 Å². The Balaban J connectivity index is 1.48. The third-order valence-electron chi connectivity index (χ3n) is 3.21. The first-order valence-electron chi connectivity index (χ1n) is 7.37. The molecule has 0 spiro atoms. The summed E-state index contributed by atoms with van der Waals surface area (Å²) in [5.74, 6) is -0.707. The van der Waals surface area contributed by atoms with Crippen LogP contribution >= 0.6 is 34.9 Å². The van der Waals surface area contributed by atoms with Crippen molar-refractivity contribution >= 4 is 62.8 Å². The number of ketones is 1. The van der Waals surface area contributed by atoms with E-state index in [1.807, 2.05) is 6.07 Å². The van der Waals surface area contributed by atoms with Gasteiger partial charge in [-0.2, -0.15) is 0 Å². The minimum Gasteiger partial charge on any atom is -0.300 e. The van der Waals surface area contributed by atoms with Gasteiger partial charge in [0.1, 0.15) is 5.25 Å². The van der Waals surface area contributed by atoms with Crippen molar-refractivity contribution in [1.29, 1.82) is 0 Å². The fourth-order valence-electron chi connectivity index (χ4n) is 2.02. The second-order valence-electron chi connectivity index (χ2n) is 5.09. The molecule has 3 amide bonds. The zero-order valence-corrected chi connectivity index (χ0v) is 15.6. The number of anilines is 1. The topological polar surface area (TPSA) is 118 Å². The van der Waals surface area contributed by atoms with Gasteiger partial charge in [0.15, 0.2) is 10.1 Å². The second-order valence-corrected chi connectivity index (χ2v) is 8.46. The van der Waals surface area contributed by atoms with Crippen LogP contribution in [0.25, 0.3) is 0 Å². The zero-order chi connectivity index (χ0) is 18.5. The summed E-state index contributed by atoms with van der Waals surface area (Å²) < 4.78 is 0.549. The Morgan fingerprint density at radius 2 is 1.96 bits per heavy atom. The van der Waals surface area contributed by atoms with Gasteiger partial charge in [0.25, 0.3) is 5.24 Å². The van der Waals surface area contributed by atoms with Crippen LogP contribution in [0.15, 0.2) is 34.7 Å². The Morgan fingerprint density at radius 3 is 2.65 bits per heavy atom. The third-order valence-corrected chi connectivity index (χ3v) is 6.17. The molecule has 1 saturated heterocycles. The third kappa shape index (κ3) is 4.90. The highest BCUT2D eigenvalue weighted by atomic mass is 32.2. The molecule has 0 radical (unpaired) electrons. The fourth-order valence-corrected chi connectivity index (χ4v) is 4.50. The van der Waals surface area contributed by atoms with Gasteiger partial charge in [0, 0.05) is 12.0 Å². The van der Waals surface area contributed by atoms with E-state index in [1.54, 1.807) is 24.3 Å². The van der Waals surface area contributed by atoms with Gasteiger partial charge in [-0.1, -0.05) is 65.2 Å². The molecule has 8 nitrogen and oxygen atoms in total. The molecule has 1 aromatic heterocycles. The summed E-state index contributed by atoms with van der Waals surface area (Å²) >= 11 is 3.17. The first-order chi connectivity index (χ1) is 12.5. The summed E-state index contributed by atoms with van der Waals surface area (Å²) in [6.07, 6.45) is -0.128. The lowest BCUT2D eigenvalue weighted by Gasteiger charge is -2.03. The van der Waals surface area contributed by atoms with Crippen molar-refractivity contribution in [3.8, 4) is 0 Å². The van der Waals surface area contributed by atoms with Crippen molar-refractivity contribution in [1.82, 2.24) is 15.5 Å². The maximum Gasteiger partial charge on any atom is 0.286 e. The molecule has 1 aliphatic rings. The summed E-state index contributed by atoms with van der Waals surface area (Å²) in [4.78, 5) is 46.5. The van der Waals surface area contributed by atoms with Gasteiger partial charge >= 0.3 is 0 Å². The number of nitrogens with zero attached hydrogens (tertiary/aromatic N) is 2. The second kappa shape index (κ2) is 8.43.